The topological polar surface area (TPSA) is 64.1 Å². The van der Waals surface area contributed by atoms with Crippen LogP contribution in [0.25, 0.3) is 0 Å². The van der Waals surface area contributed by atoms with Gasteiger partial charge in [-0.25, -0.2) is 0 Å². The Morgan fingerprint density at radius 2 is 2.36 bits per heavy atom. The van der Waals surface area contributed by atoms with E-state index in [0.29, 0.717) is 15.9 Å². The fourth-order valence-corrected chi connectivity index (χ4v) is 3.17. The zero-order valence-electron chi connectivity index (χ0n) is 11.8. The summed E-state index contributed by atoms with van der Waals surface area (Å²) >= 11 is 8.82. The molecular weight excluding hydrogens is 342 g/mol. The molecule has 5 nitrogen and oxygen atoms in total. The van der Waals surface area contributed by atoms with Gasteiger partial charge in [0.25, 0.3) is 5.91 Å². The number of amides is 1. The highest BCUT2D eigenvalue weighted by Gasteiger charge is 2.10. The number of thioether (sulfide) groups is 1. The molecule has 1 N–H and O–H groups in total. The molecule has 0 aliphatic rings. The molecule has 0 aliphatic carbocycles. The molecule has 0 saturated heterocycles. The molecule has 0 spiro atoms. The minimum absolute atomic E-state index is 0.141. The maximum absolute atomic E-state index is 11.8. The summed E-state index contributed by atoms with van der Waals surface area (Å²) in [5, 5.41) is 11.4. The standard InChI is InChI=1S/C14H14ClN3O2S2/c1-3-6-21-14-18-17-13(22-14)16-12(19)8-20-11-7-9(2)4-5-10(11)15/h3-5,7H,1,6,8H2,2H3,(H,16,17,19). The molecule has 2 aromatic rings. The van der Waals surface area contributed by atoms with Gasteiger partial charge in [0.15, 0.2) is 10.9 Å². The fourth-order valence-electron chi connectivity index (χ4n) is 1.47. The van der Waals surface area contributed by atoms with Crippen LogP contribution < -0.4 is 10.1 Å². The van der Waals surface area contributed by atoms with Crippen molar-refractivity contribution in [3.05, 3.63) is 41.4 Å². The van der Waals surface area contributed by atoms with E-state index in [9.17, 15) is 4.79 Å². The largest absolute Gasteiger partial charge is 0.482 e. The van der Waals surface area contributed by atoms with Crippen molar-refractivity contribution in [3.63, 3.8) is 0 Å². The molecule has 8 heteroatoms. The highest BCUT2D eigenvalue weighted by Crippen LogP contribution is 2.26. The third-order valence-electron chi connectivity index (χ3n) is 2.42. The van der Waals surface area contributed by atoms with E-state index in [4.69, 9.17) is 16.3 Å². The molecule has 1 aromatic carbocycles. The summed E-state index contributed by atoms with van der Waals surface area (Å²) in [6, 6.07) is 5.39. The van der Waals surface area contributed by atoms with Gasteiger partial charge >= 0.3 is 0 Å². The smallest absolute Gasteiger partial charge is 0.264 e. The van der Waals surface area contributed by atoms with E-state index in [1.807, 2.05) is 13.0 Å². The molecule has 0 aliphatic heterocycles. The number of carbonyl (C=O) groups is 1. The lowest BCUT2D eigenvalue weighted by molar-refractivity contribution is -0.118. The molecule has 1 aromatic heterocycles. The number of hydrogen-bond donors (Lipinski definition) is 1. The highest BCUT2D eigenvalue weighted by molar-refractivity contribution is 8.01. The van der Waals surface area contributed by atoms with Gasteiger partial charge in [0, 0.05) is 5.75 Å². The first-order valence-electron chi connectivity index (χ1n) is 6.34. The zero-order valence-corrected chi connectivity index (χ0v) is 14.2. The summed E-state index contributed by atoms with van der Waals surface area (Å²) in [4.78, 5) is 11.8. The molecule has 0 atom stereocenters. The van der Waals surface area contributed by atoms with E-state index in [2.05, 4.69) is 22.1 Å². The lowest BCUT2D eigenvalue weighted by Gasteiger charge is -2.08. The monoisotopic (exact) mass is 355 g/mol. The first-order valence-corrected chi connectivity index (χ1v) is 8.52. The number of carbonyl (C=O) groups excluding carboxylic acids is 1. The zero-order chi connectivity index (χ0) is 15.9. The Morgan fingerprint density at radius 1 is 1.55 bits per heavy atom. The quantitative estimate of drug-likeness (QED) is 0.465. The van der Waals surface area contributed by atoms with Crippen LogP contribution >= 0.6 is 34.7 Å². The third-order valence-corrected chi connectivity index (χ3v) is 4.70. The third kappa shape index (κ3) is 5.01. The molecular formula is C14H14ClN3O2S2. The number of nitrogens with one attached hydrogen (secondary N) is 1. The number of anilines is 1. The van der Waals surface area contributed by atoms with Gasteiger partial charge in [-0.05, 0) is 24.6 Å². The Morgan fingerprint density at radius 3 is 3.14 bits per heavy atom. The summed E-state index contributed by atoms with van der Waals surface area (Å²) in [7, 11) is 0. The first kappa shape index (κ1) is 16.8. The number of hydrogen-bond acceptors (Lipinski definition) is 6. The molecule has 2 rings (SSSR count). The average molecular weight is 356 g/mol. The second kappa shape index (κ2) is 8.17. The number of halogens is 1. The molecule has 0 unspecified atom stereocenters. The summed E-state index contributed by atoms with van der Waals surface area (Å²) in [6.45, 7) is 5.42. The predicted octanol–water partition coefficient (Wildman–Crippen LogP) is 3.80. The maximum Gasteiger partial charge on any atom is 0.264 e. The summed E-state index contributed by atoms with van der Waals surface area (Å²) in [6.07, 6.45) is 1.78. The lowest BCUT2D eigenvalue weighted by Crippen LogP contribution is -2.20. The average Bonchev–Trinajstić information content (AvgIpc) is 2.93. The fraction of sp³-hybridized carbons (Fsp3) is 0.214. The van der Waals surface area contributed by atoms with Gasteiger partial charge in [-0.2, -0.15) is 0 Å². The van der Waals surface area contributed by atoms with Crippen LogP contribution in [0.2, 0.25) is 5.02 Å². The van der Waals surface area contributed by atoms with Crippen molar-refractivity contribution in [2.24, 2.45) is 0 Å². The van der Waals surface area contributed by atoms with Crippen molar-refractivity contribution in [1.82, 2.24) is 10.2 Å². The molecule has 0 fully saturated rings. The highest BCUT2D eigenvalue weighted by atomic mass is 35.5. The number of ether oxygens (including phenoxy) is 1. The van der Waals surface area contributed by atoms with Crippen LogP contribution in [0.1, 0.15) is 5.56 Å². The SMILES string of the molecule is C=CCSc1nnc(NC(=O)COc2cc(C)ccc2Cl)s1. The minimum atomic E-state index is -0.311. The van der Waals surface area contributed by atoms with Gasteiger partial charge in [0.05, 0.1) is 5.02 Å². The predicted molar refractivity (Wildman–Crippen MR) is 91.1 cm³/mol. The molecule has 116 valence electrons. The Labute approximate surface area is 141 Å². The number of aromatic nitrogens is 2. The molecule has 1 heterocycles. The first-order chi connectivity index (χ1) is 10.6. The second-order valence-electron chi connectivity index (χ2n) is 4.24. The van der Waals surface area contributed by atoms with Crippen LogP contribution in [0.5, 0.6) is 5.75 Å². The van der Waals surface area contributed by atoms with Gasteiger partial charge < -0.3 is 4.74 Å². The normalized spacial score (nSPS) is 10.3. The number of aryl methyl sites for hydroxylation is 1. The Balaban J connectivity index is 1.86. The summed E-state index contributed by atoms with van der Waals surface area (Å²) in [5.41, 5.74) is 1.01. The summed E-state index contributed by atoms with van der Waals surface area (Å²) < 4.78 is 6.19. The van der Waals surface area contributed by atoms with Crippen LogP contribution in [0.15, 0.2) is 35.2 Å². The molecule has 0 radical (unpaired) electrons. The molecule has 0 saturated carbocycles. The van der Waals surface area contributed by atoms with Crippen LogP contribution in [0.3, 0.4) is 0 Å². The van der Waals surface area contributed by atoms with Crippen molar-refractivity contribution < 1.29 is 9.53 Å². The Kier molecular flexibility index (Phi) is 6.23. The van der Waals surface area contributed by atoms with Gasteiger partial charge in [-0.1, -0.05) is 46.8 Å². The van der Waals surface area contributed by atoms with Crippen LogP contribution in [0, 0.1) is 6.92 Å². The lowest BCUT2D eigenvalue weighted by atomic mass is 10.2. The van der Waals surface area contributed by atoms with Crippen molar-refractivity contribution in [2.45, 2.75) is 11.3 Å². The minimum Gasteiger partial charge on any atom is -0.482 e. The van der Waals surface area contributed by atoms with E-state index in [1.165, 1.54) is 23.1 Å². The number of benzene rings is 1. The van der Waals surface area contributed by atoms with E-state index in [-0.39, 0.29) is 12.5 Å². The van der Waals surface area contributed by atoms with Crippen LogP contribution in [-0.4, -0.2) is 28.5 Å². The van der Waals surface area contributed by atoms with E-state index >= 15 is 0 Å². The Hall–Kier alpha value is -1.57. The van der Waals surface area contributed by atoms with Crippen molar-refractivity contribution in [2.75, 3.05) is 17.7 Å². The van der Waals surface area contributed by atoms with Crippen LogP contribution in [-0.2, 0) is 4.79 Å². The molecule has 1 amide bonds. The maximum atomic E-state index is 11.8. The van der Waals surface area contributed by atoms with Crippen molar-refractivity contribution in [1.29, 1.82) is 0 Å². The molecule has 0 bridgehead atoms. The number of rotatable bonds is 7. The van der Waals surface area contributed by atoms with Gasteiger partial charge in [0.2, 0.25) is 5.13 Å². The number of nitrogens with zero attached hydrogens (tertiary/aromatic N) is 2. The van der Waals surface area contributed by atoms with Gasteiger partial charge in [0.1, 0.15) is 5.75 Å². The van der Waals surface area contributed by atoms with Crippen LogP contribution in [0.4, 0.5) is 5.13 Å². The van der Waals surface area contributed by atoms with Gasteiger partial charge in [-0.3, -0.25) is 10.1 Å². The molecule has 22 heavy (non-hydrogen) atoms. The Bertz CT molecular complexity index is 676. The second-order valence-corrected chi connectivity index (χ2v) is 6.90. The summed E-state index contributed by atoms with van der Waals surface area (Å²) in [5.74, 6) is 0.919. The van der Waals surface area contributed by atoms with E-state index in [1.54, 1.807) is 18.2 Å². The van der Waals surface area contributed by atoms with E-state index < -0.39 is 0 Å². The van der Waals surface area contributed by atoms with Gasteiger partial charge in [-0.15, -0.1) is 16.8 Å². The van der Waals surface area contributed by atoms with Crippen molar-refractivity contribution in [3.8, 4) is 5.75 Å². The van der Waals surface area contributed by atoms with E-state index in [0.717, 1.165) is 15.7 Å². The van der Waals surface area contributed by atoms with Crippen molar-refractivity contribution >= 4 is 45.7 Å².